The van der Waals surface area contributed by atoms with Gasteiger partial charge >= 0.3 is 0 Å². The van der Waals surface area contributed by atoms with Crippen molar-refractivity contribution in [1.82, 2.24) is 0 Å². The monoisotopic (exact) mass is 350 g/mol. The van der Waals surface area contributed by atoms with Crippen LogP contribution in [0.1, 0.15) is 36.8 Å². The molecule has 3 nitrogen and oxygen atoms in total. The summed E-state index contributed by atoms with van der Waals surface area (Å²) in [6.45, 7) is 3.93. The first-order valence-corrected chi connectivity index (χ1v) is 8.66. The number of benzene rings is 1. The predicted octanol–water partition coefficient (Wildman–Crippen LogP) is 3.92. The van der Waals surface area contributed by atoms with E-state index in [2.05, 4.69) is 11.6 Å². The molecule has 1 heterocycles. The van der Waals surface area contributed by atoms with Crippen LogP contribution in [0.3, 0.4) is 0 Å². The molecule has 0 aromatic heterocycles. The van der Waals surface area contributed by atoms with Crippen LogP contribution in [-0.4, -0.2) is 18.6 Å². The summed E-state index contributed by atoms with van der Waals surface area (Å²) in [7, 11) is 0. The quantitative estimate of drug-likeness (QED) is 0.818. The Morgan fingerprint density at radius 2 is 2.12 bits per heavy atom. The summed E-state index contributed by atoms with van der Waals surface area (Å²) < 4.78 is 47.8. The molecule has 2 saturated carbocycles. The minimum atomic E-state index is -2.84. The van der Waals surface area contributed by atoms with Crippen LogP contribution < -0.4 is 5.73 Å². The molecule has 134 valence electrons. The molecule has 25 heavy (non-hydrogen) atoms. The van der Waals surface area contributed by atoms with Gasteiger partial charge in [0.05, 0.1) is 0 Å². The number of rotatable bonds is 5. The average Bonchev–Trinajstić information content (AvgIpc) is 3.30. The van der Waals surface area contributed by atoms with Gasteiger partial charge < -0.3 is 10.5 Å². The van der Waals surface area contributed by atoms with Crippen LogP contribution in [0.2, 0.25) is 0 Å². The van der Waals surface area contributed by atoms with Crippen LogP contribution in [0.4, 0.5) is 13.2 Å². The van der Waals surface area contributed by atoms with Crippen molar-refractivity contribution >= 4 is 6.02 Å². The number of nitrogens with two attached hydrogens (primary N) is 1. The zero-order valence-electron chi connectivity index (χ0n) is 13.9. The molecule has 0 unspecified atom stereocenters. The van der Waals surface area contributed by atoms with Gasteiger partial charge in [-0.1, -0.05) is 24.3 Å². The maximum Gasteiger partial charge on any atom is 0.283 e. The molecule has 3 aliphatic rings. The fourth-order valence-electron chi connectivity index (χ4n) is 4.17. The summed E-state index contributed by atoms with van der Waals surface area (Å²) in [5.74, 6) is -0.598. The first kappa shape index (κ1) is 16.5. The number of hydrogen-bond donors (Lipinski definition) is 1. The predicted molar refractivity (Wildman–Crippen MR) is 88.9 cm³/mol. The minimum absolute atomic E-state index is 0.0585. The van der Waals surface area contributed by atoms with Gasteiger partial charge in [0, 0.05) is 11.5 Å². The van der Waals surface area contributed by atoms with Gasteiger partial charge in [0.15, 0.2) is 5.54 Å². The third-order valence-corrected chi connectivity index (χ3v) is 5.66. The summed E-state index contributed by atoms with van der Waals surface area (Å²) in [6, 6.07) is 4.21. The molecule has 0 bridgehead atoms. The van der Waals surface area contributed by atoms with Crippen molar-refractivity contribution in [3.63, 3.8) is 0 Å². The second kappa shape index (κ2) is 5.78. The Hall–Kier alpha value is -1.98. The number of fused-ring (bicyclic) bond motifs is 1. The van der Waals surface area contributed by atoms with Crippen LogP contribution in [0.5, 0.6) is 0 Å². The van der Waals surface area contributed by atoms with Crippen molar-refractivity contribution in [3.05, 3.63) is 47.3 Å². The molecule has 2 aliphatic carbocycles. The number of amidine groups is 1. The van der Waals surface area contributed by atoms with E-state index in [1.165, 1.54) is 11.6 Å². The molecule has 3 atom stereocenters. The lowest BCUT2D eigenvalue weighted by Crippen LogP contribution is -2.43. The number of alkyl halides is 2. The van der Waals surface area contributed by atoms with Gasteiger partial charge in [0.25, 0.3) is 12.4 Å². The highest BCUT2D eigenvalue weighted by Gasteiger charge is 2.64. The molecule has 6 heteroatoms. The Morgan fingerprint density at radius 3 is 2.80 bits per heavy atom. The number of aryl methyl sites for hydroxylation is 1. The van der Waals surface area contributed by atoms with Crippen LogP contribution in [0.15, 0.2) is 35.3 Å². The van der Waals surface area contributed by atoms with Crippen LogP contribution in [0, 0.1) is 17.7 Å². The molecule has 1 aromatic carbocycles. The van der Waals surface area contributed by atoms with E-state index in [0.717, 1.165) is 31.2 Å². The van der Waals surface area contributed by atoms with Crippen LogP contribution in [0.25, 0.3) is 0 Å². The molecule has 0 saturated heterocycles. The zero-order chi connectivity index (χ0) is 17.8. The topological polar surface area (TPSA) is 47.6 Å². The van der Waals surface area contributed by atoms with E-state index in [1.807, 2.05) is 0 Å². The largest absolute Gasteiger partial charge is 0.462 e. The first-order chi connectivity index (χ1) is 11.9. The smallest absolute Gasteiger partial charge is 0.283 e. The lowest BCUT2D eigenvalue weighted by Gasteiger charge is -2.33. The summed E-state index contributed by atoms with van der Waals surface area (Å²) in [5.41, 5.74) is 5.71. The van der Waals surface area contributed by atoms with Gasteiger partial charge in [0.2, 0.25) is 0 Å². The summed E-state index contributed by atoms with van der Waals surface area (Å²) in [4.78, 5) is 3.91. The normalized spacial score (nSPS) is 31.2. The van der Waals surface area contributed by atoms with Crippen LogP contribution in [-0.2, 0) is 16.7 Å². The number of allylic oxidation sites excluding steroid dienone is 1. The van der Waals surface area contributed by atoms with Gasteiger partial charge in [0.1, 0.15) is 11.9 Å². The van der Waals surface area contributed by atoms with Gasteiger partial charge in [-0.3, -0.25) is 0 Å². The zero-order valence-corrected chi connectivity index (χ0v) is 13.9. The van der Waals surface area contributed by atoms with Crippen molar-refractivity contribution in [1.29, 1.82) is 0 Å². The van der Waals surface area contributed by atoms with Crippen LogP contribution >= 0.6 is 0 Å². The second-order valence-corrected chi connectivity index (χ2v) is 7.45. The van der Waals surface area contributed by atoms with E-state index < -0.39 is 29.8 Å². The minimum Gasteiger partial charge on any atom is -0.462 e. The van der Waals surface area contributed by atoms with E-state index in [9.17, 15) is 13.2 Å². The van der Waals surface area contributed by atoms with Crippen molar-refractivity contribution in [2.75, 3.05) is 0 Å². The molecule has 2 N–H and O–H groups in total. The van der Waals surface area contributed by atoms with Crippen molar-refractivity contribution in [2.24, 2.45) is 22.6 Å². The lowest BCUT2D eigenvalue weighted by atomic mass is 9.77. The summed E-state index contributed by atoms with van der Waals surface area (Å²) >= 11 is 0. The Kier molecular flexibility index (Phi) is 3.81. The molecule has 0 spiro atoms. The molecule has 0 radical (unpaired) electrons. The SMILES string of the molecule is C=C1CC(CCc2ccc(F)c([C@@]3(C(F)F)N=C(N)O[C@@H]4C[C@@H]43)c2)C1. The summed E-state index contributed by atoms with van der Waals surface area (Å²) in [6.07, 6.45) is 0.914. The third kappa shape index (κ3) is 2.71. The molecular weight excluding hydrogens is 329 g/mol. The summed E-state index contributed by atoms with van der Waals surface area (Å²) in [5, 5.41) is 0. The van der Waals surface area contributed by atoms with Crippen molar-refractivity contribution in [3.8, 4) is 0 Å². The van der Waals surface area contributed by atoms with Gasteiger partial charge in [-0.15, -0.1) is 0 Å². The lowest BCUT2D eigenvalue weighted by molar-refractivity contribution is 0.0176. The van der Waals surface area contributed by atoms with E-state index in [1.54, 1.807) is 12.1 Å². The first-order valence-electron chi connectivity index (χ1n) is 8.66. The third-order valence-electron chi connectivity index (χ3n) is 5.66. The number of halogens is 3. The van der Waals surface area contributed by atoms with E-state index in [0.29, 0.717) is 12.3 Å². The fraction of sp³-hybridized carbons (Fsp3) is 0.526. The van der Waals surface area contributed by atoms with E-state index in [4.69, 9.17) is 10.5 Å². The van der Waals surface area contributed by atoms with E-state index in [-0.39, 0.29) is 11.6 Å². The van der Waals surface area contributed by atoms with Crippen molar-refractivity contribution in [2.45, 2.75) is 50.2 Å². The van der Waals surface area contributed by atoms with Gasteiger partial charge in [-0.25, -0.2) is 18.2 Å². The second-order valence-electron chi connectivity index (χ2n) is 7.45. The highest BCUT2D eigenvalue weighted by atomic mass is 19.3. The standard InChI is InChI=1S/C19H21F3N2O/c1-10-6-12(7-10)3-2-11-4-5-15(20)13(8-11)19(17(21)22)14-9-16(14)25-18(23)24-19/h4-5,8,12,14,16-17H,1-3,6-7,9H2,(H2,23,24)/t14-,16+,19+/m0/s1. The molecular formula is C19H21F3N2O. The maximum absolute atomic E-state index is 14.5. The number of ether oxygens (including phenoxy) is 1. The highest BCUT2D eigenvalue weighted by molar-refractivity contribution is 5.74. The molecule has 1 aliphatic heterocycles. The number of aliphatic imine (C=N–C) groups is 1. The molecule has 2 fully saturated rings. The molecule has 4 rings (SSSR count). The van der Waals surface area contributed by atoms with Crippen molar-refractivity contribution < 1.29 is 17.9 Å². The average molecular weight is 350 g/mol. The van der Waals surface area contributed by atoms with Gasteiger partial charge in [-0.2, -0.15) is 0 Å². The highest BCUT2D eigenvalue weighted by Crippen LogP contribution is 2.56. The van der Waals surface area contributed by atoms with E-state index >= 15 is 0 Å². The van der Waals surface area contributed by atoms with Gasteiger partial charge in [-0.05, 0) is 49.7 Å². The number of nitrogens with zero attached hydrogens (tertiary/aromatic N) is 1. The Bertz CT molecular complexity index is 740. The Morgan fingerprint density at radius 1 is 1.36 bits per heavy atom. The Labute approximate surface area is 144 Å². The fourth-order valence-corrected chi connectivity index (χ4v) is 4.17. The maximum atomic E-state index is 14.5. The Balaban J connectivity index is 1.64. The molecule has 0 amide bonds. The number of hydrogen-bond acceptors (Lipinski definition) is 3. The molecule has 1 aromatic rings.